The third-order valence-electron chi connectivity index (χ3n) is 4.79. The Morgan fingerprint density at radius 3 is 2.03 bits per heavy atom. The molecule has 0 saturated carbocycles. The van der Waals surface area contributed by atoms with Gasteiger partial charge in [0.25, 0.3) is 0 Å². The number of hydrogen-bond acceptors (Lipinski definition) is 3. The molecule has 0 heterocycles. The van der Waals surface area contributed by atoms with Gasteiger partial charge in [-0.1, -0.05) is 63.4 Å². The summed E-state index contributed by atoms with van der Waals surface area (Å²) in [6.45, 7) is 1.54. The summed E-state index contributed by atoms with van der Waals surface area (Å²) in [5.74, 6) is -0.415. The summed E-state index contributed by atoms with van der Waals surface area (Å²) in [5, 5.41) is 3.88. The van der Waals surface area contributed by atoms with Crippen LogP contribution in [0.3, 0.4) is 0 Å². The molecule has 0 fully saturated rings. The lowest BCUT2D eigenvalue weighted by Gasteiger charge is -2.23. The van der Waals surface area contributed by atoms with Gasteiger partial charge in [-0.05, 0) is 66.6 Å². The van der Waals surface area contributed by atoms with Crippen molar-refractivity contribution >= 4 is 55.1 Å². The molecular weight excluding hydrogens is 535 g/mol. The average Bonchev–Trinajstić information content (AvgIpc) is 2.75. The number of halogens is 3. The highest BCUT2D eigenvalue weighted by Crippen LogP contribution is 2.22. The van der Waals surface area contributed by atoms with Crippen molar-refractivity contribution < 1.29 is 13.2 Å². The van der Waals surface area contributed by atoms with Crippen LogP contribution in [-0.2, 0) is 21.4 Å². The molecule has 32 heavy (non-hydrogen) atoms. The summed E-state index contributed by atoms with van der Waals surface area (Å²) >= 11 is 15.2. The van der Waals surface area contributed by atoms with Crippen LogP contribution in [0.25, 0.3) is 0 Å². The lowest BCUT2D eigenvalue weighted by atomic mass is 10.1. The van der Waals surface area contributed by atoms with Gasteiger partial charge >= 0.3 is 0 Å². The van der Waals surface area contributed by atoms with E-state index in [4.69, 9.17) is 23.2 Å². The second kappa shape index (κ2) is 10.8. The number of hydrogen-bond donors (Lipinski definition) is 1. The Morgan fingerprint density at radius 1 is 0.938 bits per heavy atom. The largest absolute Gasteiger partial charge is 0.348 e. The Labute approximate surface area is 206 Å². The molecule has 0 saturated heterocycles. The van der Waals surface area contributed by atoms with E-state index < -0.39 is 15.9 Å². The summed E-state index contributed by atoms with van der Waals surface area (Å²) in [6.07, 6.45) is 0. The standard InChI is InChI=1S/C23H21BrCl2N2O3S/c1-16(18-4-8-20(25)9-5-18)27-23(29)15-28(14-17-2-6-19(24)7-3-17)32(30,31)22-12-10-21(26)11-13-22/h2-13,16H,14-15H2,1H3,(H,27,29). The number of nitrogens with one attached hydrogen (secondary N) is 1. The van der Waals surface area contributed by atoms with Crippen LogP contribution in [0, 0.1) is 0 Å². The molecule has 168 valence electrons. The molecule has 0 aliphatic heterocycles. The zero-order valence-corrected chi connectivity index (χ0v) is 21.0. The maximum atomic E-state index is 13.3. The van der Waals surface area contributed by atoms with Crippen LogP contribution in [0.2, 0.25) is 10.0 Å². The number of sulfonamides is 1. The summed E-state index contributed by atoms with van der Waals surface area (Å²) in [5.41, 5.74) is 1.62. The van der Waals surface area contributed by atoms with Gasteiger partial charge in [-0.25, -0.2) is 8.42 Å². The van der Waals surface area contributed by atoms with Crippen LogP contribution in [0.15, 0.2) is 82.2 Å². The first-order chi connectivity index (χ1) is 15.1. The predicted octanol–water partition coefficient (Wildman–Crippen LogP) is 5.82. The van der Waals surface area contributed by atoms with Crippen molar-refractivity contribution in [1.82, 2.24) is 9.62 Å². The van der Waals surface area contributed by atoms with Crippen molar-refractivity contribution in [2.24, 2.45) is 0 Å². The maximum Gasteiger partial charge on any atom is 0.243 e. The van der Waals surface area contributed by atoms with Gasteiger partial charge in [0.1, 0.15) is 0 Å². The van der Waals surface area contributed by atoms with E-state index in [-0.39, 0.29) is 24.0 Å². The van der Waals surface area contributed by atoms with Crippen LogP contribution in [0.1, 0.15) is 24.1 Å². The number of nitrogens with zero attached hydrogens (tertiary/aromatic N) is 1. The van der Waals surface area contributed by atoms with Gasteiger partial charge in [-0.3, -0.25) is 4.79 Å². The molecule has 5 nitrogen and oxygen atoms in total. The van der Waals surface area contributed by atoms with Gasteiger partial charge in [-0.15, -0.1) is 0 Å². The highest BCUT2D eigenvalue weighted by molar-refractivity contribution is 9.10. The van der Waals surface area contributed by atoms with Gasteiger partial charge in [0.2, 0.25) is 15.9 Å². The van der Waals surface area contributed by atoms with Crippen molar-refractivity contribution in [2.75, 3.05) is 6.54 Å². The van der Waals surface area contributed by atoms with Crippen molar-refractivity contribution in [1.29, 1.82) is 0 Å². The minimum atomic E-state index is -3.94. The molecule has 1 unspecified atom stereocenters. The lowest BCUT2D eigenvalue weighted by Crippen LogP contribution is -2.41. The second-order valence-electron chi connectivity index (χ2n) is 7.19. The first-order valence-corrected chi connectivity index (χ1v) is 12.7. The molecule has 9 heteroatoms. The molecule has 3 rings (SSSR count). The number of benzene rings is 3. The van der Waals surface area contributed by atoms with Crippen molar-refractivity contribution in [3.8, 4) is 0 Å². The van der Waals surface area contributed by atoms with E-state index in [0.29, 0.717) is 10.0 Å². The number of amides is 1. The zero-order valence-electron chi connectivity index (χ0n) is 17.1. The minimum absolute atomic E-state index is 0.0426. The third-order valence-corrected chi connectivity index (χ3v) is 7.63. The summed E-state index contributed by atoms with van der Waals surface area (Å²) in [7, 11) is -3.94. The normalized spacial score (nSPS) is 12.5. The van der Waals surface area contributed by atoms with Crippen molar-refractivity contribution in [3.05, 3.63) is 98.4 Å². The topological polar surface area (TPSA) is 66.5 Å². The summed E-state index contributed by atoms with van der Waals surface area (Å²) in [6, 6.07) is 19.9. The number of rotatable bonds is 8. The van der Waals surface area contributed by atoms with E-state index in [0.717, 1.165) is 19.9 Å². The zero-order chi connectivity index (χ0) is 23.3. The Hall–Kier alpha value is -1.90. The van der Waals surface area contributed by atoms with Crippen molar-refractivity contribution in [2.45, 2.75) is 24.4 Å². The van der Waals surface area contributed by atoms with Crippen LogP contribution < -0.4 is 5.32 Å². The monoisotopic (exact) mass is 554 g/mol. The van der Waals surface area contributed by atoms with Gasteiger partial charge in [0.05, 0.1) is 17.5 Å². The molecule has 3 aromatic rings. The molecule has 0 radical (unpaired) electrons. The molecule has 0 aliphatic rings. The number of carbonyl (C=O) groups is 1. The highest BCUT2D eigenvalue weighted by atomic mass is 79.9. The molecule has 1 amide bonds. The first kappa shape index (κ1) is 24.7. The molecule has 0 bridgehead atoms. The fourth-order valence-corrected chi connectivity index (χ4v) is 4.96. The highest BCUT2D eigenvalue weighted by Gasteiger charge is 2.27. The van der Waals surface area contributed by atoms with Gasteiger partial charge < -0.3 is 5.32 Å². The fourth-order valence-electron chi connectivity index (χ4n) is 3.06. The minimum Gasteiger partial charge on any atom is -0.348 e. The van der Waals surface area contributed by atoms with E-state index in [1.54, 1.807) is 12.1 Å². The Kier molecular flexibility index (Phi) is 8.36. The van der Waals surface area contributed by atoms with E-state index >= 15 is 0 Å². The Bertz CT molecular complexity index is 1170. The van der Waals surface area contributed by atoms with E-state index in [2.05, 4.69) is 21.2 Å². The maximum absolute atomic E-state index is 13.3. The van der Waals surface area contributed by atoms with Crippen LogP contribution in [-0.4, -0.2) is 25.2 Å². The predicted molar refractivity (Wildman–Crippen MR) is 131 cm³/mol. The lowest BCUT2D eigenvalue weighted by molar-refractivity contribution is -0.122. The molecule has 0 spiro atoms. The average molecular weight is 556 g/mol. The van der Waals surface area contributed by atoms with Crippen LogP contribution in [0.5, 0.6) is 0 Å². The van der Waals surface area contributed by atoms with Gasteiger partial charge in [-0.2, -0.15) is 4.31 Å². The fraction of sp³-hybridized carbons (Fsp3) is 0.174. The van der Waals surface area contributed by atoms with E-state index in [1.807, 2.05) is 43.3 Å². The van der Waals surface area contributed by atoms with Crippen LogP contribution in [0.4, 0.5) is 0 Å². The van der Waals surface area contributed by atoms with Gasteiger partial charge in [0.15, 0.2) is 0 Å². The molecule has 1 atom stereocenters. The quantitative estimate of drug-likeness (QED) is 0.380. The van der Waals surface area contributed by atoms with E-state index in [9.17, 15) is 13.2 Å². The van der Waals surface area contributed by atoms with E-state index in [1.165, 1.54) is 24.3 Å². The summed E-state index contributed by atoms with van der Waals surface area (Å²) < 4.78 is 28.7. The first-order valence-electron chi connectivity index (χ1n) is 9.70. The third kappa shape index (κ3) is 6.56. The van der Waals surface area contributed by atoms with Gasteiger partial charge in [0, 0.05) is 21.1 Å². The smallest absolute Gasteiger partial charge is 0.243 e. The second-order valence-corrected chi connectivity index (χ2v) is 10.9. The SMILES string of the molecule is CC(NC(=O)CN(Cc1ccc(Br)cc1)S(=O)(=O)c1ccc(Cl)cc1)c1ccc(Cl)cc1. The van der Waals surface area contributed by atoms with Crippen LogP contribution >= 0.6 is 39.1 Å². The number of carbonyl (C=O) groups excluding carboxylic acids is 1. The Balaban J connectivity index is 1.82. The summed E-state index contributed by atoms with van der Waals surface area (Å²) in [4.78, 5) is 12.9. The molecular formula is C23H21BrCl2N2O3S. The molecule has 0 aliphatic carbocycles. The Morgan fingerprint density at radius 2 is 1.47 bits per heavy atom. The van der Waals surface area contributed by atoms with Crippen molar-refractivity contribution in [3.63, 3.8) is 0 Å². The molecule has 0 aromatic heterocycles. The molecule has 3 aromatic carbocycles. The molecule has 1 N–H and O–H groups in total.